The van der Waals surface area contributed by atoms with Crippen molar-refractivity contribution >= 4 is 21.7 Å². The fraction of sp³-hybridized carbons (Fsp3) is 0.200. The standard InChI is InChI=1S/C12H9N.C3H6/c1-2-4-11-9(3-1)5-6-10-7-8-13-12(10)11;1-2-3-1/h1-8,13H;1-3H2. The van der Waals surface area contributed by atoms with E-state index < -0.39 is 0 Å². The normalized spacial score (nSPS) is 13.5. The Labute approximate surface area is 95.1 Å². The molecule has 1 heteroatoms. The van der Waals surface area contributed by atoms with Gasteiger partial charge in [0.05, 0.1) is 5.52 Å². The van der Waals surface area contributed by atoms with Crippen molar-refractivity contribution in [1.82, 2.24) is 4.98 Å². The van der Waals surface area contributed by atoms with Crippen LogP contribution in [0.25, 0.3) is 21.7 Å². The molecular weight excluding hydrogens is 194 g/mol. The molecule has 0 radical (unpaired) electrons. The van der Waals surface area contributed by atoms with Crippen molar-refractivity contribution in [2.75, 3.05) is 0 Å². The number of nitrogens with one attached hydrogen (secondary N) is 1. The minimum atomic E-state index is 1.23. The first-order valence-corrected chi connectivity index (χ1v) is 5.90. The van der Waals surface area contributed by atoms with Crippen LogP contribution in [-0.4, -0.2) is 4.98 Å². The van der Waals surface area contributed by atoms with Gasteiger partial charge in [-0.15, -0.1) is 0 Å². The second-order valence-corrected chi connectivity index (χ2v) is 4.29. The van der Waals surface area contributed by atoms with Crippen LogP contribution in [0.1, 0.15) is 19.3 Å². The number of fused-ring (bicyclic) bond motifs is 3. The molecule has 1 N–H and O–H groups in total. The summed E-state index contributed by atoms with van der Waals surface area (Å²) in [5.74, 6) is 0. The first kappa shape index (κ1) is 9.46. The van der Waals surface area contributed by atoms with Crippen molar-refractivity contribution in [3.63, 3.8) is 0 Å². The first-order chi connectivity index (χ1) is 7.95. The average Bonchev–Trinajstić information content (AvgIpc) is 3.14. The van der Waals surface area contributed by atoms with E-state index in [-0.39, 0.29) is 0 Å². The zero-order valence-corrected chi connectivity index (χ0v) is 9.24. The molecular formula is C15H15N. The summed E-state index contributed by atoms with van der Waals surface area (Å²) in [7, 11) is 0. The van der Waals surface area contributed by atoms with E-state index in [1.165, 1.54) is 40.9 Å². The van der Waals surface area contributed by atoms with Crippen molar-refractivity contribution in [2.45, 2.75) is 19.3 Å². The molecule has 0 unspecified atom stereocenters. The number of H-pyrrole nitrogens is 1. The number of rotatable bonds is 0. The lowest BCUT2D eigenvalue weighted by molar-refractivity contribution is 1.49. The van der Waals surface area contributed by atoms with Crippen LogP contribution in [0, 0.1) is 0 Å². The zero-order chi connectivity index (χ0) is 10.8. The van der Waals surface area contributed by atoms with Crippen LogP contribution in [0.4, 0.5) is 0 Å². The molecule has 1 fully saturated rings. The third-order valence-electron chi connectivity index (χ3n) is 2.81. The molecule has 16 heavy (non-hydrogen) atoms. The molecule has 2 aromatic carbocycles. The van der Waals surface area contributed by atoms with E-state index >= 15 is 0 Å². The molecule has 1 aromatic heterocycles. The Bertz CT molecular complexity index is 602. The van der Waals surface area contributed by atoms with Crippen molar-refractivity contribution in [3.05, 3.63) is 48.7 Å². The number of benzene rings is 2. The Balaban J connectivity index is 0.000000235. The second kappa shape index (κ2) is 4.01. The van der Waals surface area contributed by atoms with Gasteiger partial charge in [-0.3, -0.25) is 0 Å². The highest BCUT2D eigenvalue weighted by atomic mass is 14.7. The lowest BCUT2D eigenvalue weighted by atomic mass is 10.1. The monoisotopic (exact) mass is 209 g/mol. The predicted molar refractivity (Wildman–Crippen MR) is 69.7 cm³/mol. The third kappa shape index (κ3) is 1.81. The largest absolute Gasteiger partial charge is 0.361 e. The van der Waals surface area contributed by atoms with E-state index in [1.807, 2.05) is 6.20 Å². The Kier molecular flexibility index (Phi) is 2.37. The van der Waals surface area contributed by atoms with Gasteiger partial charge in [0.15, 0.2) is 0 Å². The predicted octanol–water partition coefficient (Wildman–Crippen LogP) is 4.49. The summed E-state index contributed by atoms with van der Waals surface area (Å²) in [6, 6.07) is 14.8. The summed E-state index contributed by atoms with van der Waals surface area (Å²) in [6.07, 6.45) is 6.48. The lowest BCUT2D eigenvalue weighted by Gasteiger charge is -1.97. The van der Waals surface area contributed by atoms with Gasteiger partial charge in [-0.25, -0.2) is 0 Å². The molecule has 0 bridgehead atoms. The summed E-state index contributed by atoms with van der Waals surface area (Å²) in [4.78, 5) is 3.26. The molecule has 0 spiro atoms. The Morgan fingerprint density at radius 2 is 1.50 bits per heavy atom. The minimum absolute atomic E-state index is 1.23. The Hall–Kier alpha value is -1.76. The number of aromatic amines is 1. The van der Waals surface area contributed by atoms with Gasteiger partial charge < -0.3 is 4.98 Å². The second-order valence-electron chi connectivity index (χ2n) is 4.29. The number of aromatic nitrogens is 1. The average molecular weight is 209 g/mol. The maximum absolute atomic E-state index is 3.26. The molecule has 4 rings (SSSR count). The van der Waals surface area contributed by atoms with Crippen LogP contribution in [0.2, 0.25) is 0 Å². The maximum Gasteiger partial charge on any atom is 0.0533 e. The van der Waals surface area contributed by atoms with Gasteiger partial charge in [0, 0.05) is 17.0 Å². The molecule has 0 aliphatic heterocycles. The van der Waals surface area contributed by atoms with E-state index in [0.717, 1.165) is 0 Å². The summed E-state index contributed by atoms with van der Waals surface area (Å²) in [5, 5.41) is 3.86. The molecule has 3 aromatic rings. The minimum Gasteiger partial charge on any atom is -0.361 e. The summed E-state index contributed by atoms with van der Waals surface area (Å²) in [5.41, 5.74) is 1.23. The molecule has 0 amide bonds. The molecule has 0 saturated heterocycles. The Morgan fingerprint density at radius 3 is 2.31 bits per heavy atom. The van der Waals surface area contributed by atoms with Gasteiger partial charge >= 0.3 is 0 Å². The fourth-order valence-electron chi connectivity index (χ4n) is 1.80. The maximum atomic E-state index is 3.26. The molecule has 1 aliphatic carbocycles. The SMILES string of the molecule is C1CC1.c1ccc2c(c1)ccc1cc[nH]c12. The highest BCUT2D eigenvalue weighted by Gasteiger charge is 1.98. The van der Waals surface area contributed by atoms with E-state index in [1.54, 1.807) is 0 Å². The van der Waals surface area contributed by atoms with Crippen LogP contribution in [0.5, 0.6) is 0 Å². The number of hydrogen-bond acceptors (Lipinski definition) is 0. The quantitative estimate of drug-likeness (QED) is 0.561. The third-order valence-corrected chi connectivity index (χ3v) is 2.81. The van der Waals surface area contributed by atoms with Crippen molar-refractivity contribution in [2.24, 2.45) is 0 Å². The van der Waals surface area contributed by atoms with Crippen LogP contribution in [0.3, 0.4) is 0 Å². The zero-order valence-electron chi connectivity index (χ0n) is 9.24. The topological polar surface area (TPSA) is 15.8 Å². The summed E-state index contributed by atoms with van der Waals surface area (Å²) < 4.78 is 0. The van der Waals surface area contributed by atoms with Crippen molar-refractivity contribution in [1.29, 1.82) is 0 Å². The van der Waals surface area contributed by atoms with Crippen molar-refractivity contribution < 1.29 is 0 Å². The molecule has 0 atom stereocenters. The Morgan fingerprint density at radius 1 is 0.750 bits per heavy atom. The molecule has 1 heterocycles. The van der Waals surface area contributed by atoms with E-state index in [9.17, 15) is 0 Å². The smallest absolute Gasteiger partial charge is 0.0533 e. The summed E-state index contributed by atoms with van der Waals surface area (Å²) in [6.45, 7) is 0. The van der Waals surface area contributed by atoms with Gasteiger partial charge in [0.25, 0.3) is 0 Å². The van der Waals surface area contributed by atoms with Gasteiger partial charge in [-0.2, -0.15) is 0 Å². The highest BCUT2D eigenvalue weighted by Crippen LogP contribution is 2.23. The van der Waals surface area contributed by atoms with Gasteiger partial charge in [-0.05, 0) is 11.5 Å². The van der Waals surface area contributed by atoms with Crippen LogP contribution in [-0.2, 0) is 0 Å². The van der Waals surface area contributed by atoms with E-state index in [0.29, 0.717) is 0 Å². The van der Waals surface area contributed by atoms with Gasteiger partial charge in [0.2, 0.25) is 0 Å². The molecule has 1 nitrogen and oxygen atoms in total. The number of hydrogen-bond donors (Lipinski definition) is 1. The summed E-state index contributed by atoms with van der Waals surface area (Å²) >= 11 is 0. The first-order valence-electron chi connectivity index (χ1n) is 5.90. The van der Waals surface area contributed by atoms with E-state index in [2.05, 4.69) is 47.4 Å². The van der Waals surface area contributed by atoms with Gasteiger partial charge in [0.1, 0.15) is 0 Å². The molecule has 1 aliphatic rings. The van der Waals surface area contributed by atoms with Crippen LogP contribution < -0.4 is 0 Å². The molecule has 80 valence electrons. The molecule has 1 saturated carbocycles. The van der Waals surface area contributed by atoms with E-state index in [4.69, 9.17) is 0 Å². The highest BCUT2D eigenvalue weighted by molar-refractivity contribution is 6.05. The van der Waals surface area contributed by atoms with Crippen LogP contribution in [0.15, 0.2) is 48.7 Å². The van der Waals surface area contributed by atoms with Crippen LogP contribution >= 0.6 is 0 Å². The fourth-order valence-corrected chi connectivity index (χ4v) is 1.80. The van der Waals surface area contributed by atoms with Crippen molar-refractivity contribution in [3.8, 4) is 0 Å². The van der Waals surface area contributed by atoms with Gasteiger partial charge in [-0.1, -0.05) is 55.7 Å². The lowest BCUT2D eigenvalue weighted by Crippen LogP contribution is -1.73.